The monoisotopic (exact) mass is 358 g/mol. The van der Waals surface area contributed by atoms with Crippen molar-refractivity contribution in [1.29, 1.82) is 0 Å². The molecule has 0 aromatic heterocycles. The van der Waals surface area contributed by atoms with Crippen LogP contribution in [0.15, 0.2) is 0 Å². The molecule has 1 atom stereocenters. The van der Waals surface area contributed by atoms with Crippen LogP contribution in [0.5, 0.6) is 0 Å². The van der Waals surface area contributed by atoms with E-state index in [-0.39, 0.29) is 12.3 Å². The second-order valence-corrected chi connectivity index (χ2v) is 7.53. The van der Waals surface area contributed by atoms with Gasteiger partial charge in [0.25, 0.3) is 0 Å². The Bertz CT molecular complexity index is 315. The lowest BCUT2D eigenvalue weighted by Gasteiger charge is -2.21. The lowest BCUT2D eigenvalue weighted by molar-refractivity contribution is -0.164. The van der Waals surface area contributed by atoms with E-state index in [1.807, 2.05) is 20.8 Å². The van der Waals surface area contributed by atoms with Gasteiger partial charge in [0.1, 0.15) is 6.61 Å². The first-order valence-electron chi connectivity index (χ1n) is 10.3. The molecule has 0 fully saturated rings. The Hall–Kier alpha value is -0.610. The minimum atomic E-state index is -0.419. The number of rotatable bonds is 17. The fourth-order valence-corrected chi connectivity index (χ4v) is 2.54. The van der Waals surface area contributed by atoms with Gasteiger partial charge in [-0.1, -0.05) is 65.2 Å². The first kappa shape index (κ1) is 24.4. The highest BCUT2D eigenvalue weighted by atomic mass is 16.7. The molecule has 4 nitrogen and oxygen atoms in total. The molecule has 0 spiro atoms. The Morgan fingerprint density at radius 1 is 0.880 bits per heavy atom. The summed E-state index contributed by atoms with van der Waals surface area (Å²) in [5.74, 6) is -0.161. The van der Waals surface area contributed by atoms with Gasteiger partial charge >= 0.3 is 5.97 Å². The molecular weight excluding hydrogens is 316 g/mol. The molecule has 0 aromatic rings. The first-order valence-corrected chi connectivity index (χ1v) is 10.3. The van der Waals surface area contributed by atoms with Crippen molar-refractivity contribution in [2.45, 2.75) is 105 Å². The third-order valence-electron chi connectivity index (χ3n) is 4.86. The Balaban J connectivity index is 3.58. The van der Waals surface area contributed by atoms with Crippen molar-refractivity contribution in [3.63, 3.8) is 0 Å². The third kappa shape index (κ3) is 13.3. The number of hydrogen-bond acceptors (Lipinski definition) is 4. The summed E-state index contributed by atoms with van der Waals surface area (Å²) in [6.07, 6.45) is 13.3. The second-order valence-electron chi connectivity index (χ2n) is 7.53. The third-order valence-corrected chi connectivity index (χ3v) is 4.86. The van der Waals surface area contributed by atoms with Gasteiger partial charge < -0.3 is 14.2 Å². The Morgan fingerprint density at radius 3 is 1.96 bits per heavy atom. The van der Waals surface area contributed by atoms with E-state index in [4.69, 9.17) is 14.2 Å². The molecule has 25 heavy (non-hydrogen) atoms. The van der Waals surface area contributed by atoms with Crippen LogP contribution in [0.4, 0.5) is 0 Å². The van der Waals surface area contributed by atoms with Crippen LogP contribution in [0.3, 0.4) is 0 Å². The van der Waals surface area contributed by atoms with Gasteiger partial charge in [-0.25, -0.2) is 0 Å². The van der Waals surface area contributed by atoms with Crippen LogP contribution in [0.2, 0.25) is 0 Å². The molecule has 4 heteroatoms. The average molecular weight is 359 g/mol. The van der Waals surface area contributed by atoms with Gasteiger partial charge in [-0.3, -0.25) is 4.79 Å². The zero-order chi connectivity index (χ0) is 19.0. The quantitative estimate of drug-likeness (QED) is 0.185. The SMILES string of the molecule is CCCCCCCCCCCC(OC)OCCOC(=O)C(C)(C)CC. The minimum absolute atomic E-state index is 0.161. The van der Waals surface area contributed by atoms with Crippen molar-refractivity contribution in [2.24, 2.45) is 5.41 Å². The van der Waals surface area contributed by atoms with E-state index in [0.717, 1.165) is 19.3 Å². The largest absolute Gasteiger partial charge is 0.463 e. The second kappa shape index (κ2) is 15.6. The highest BCUT2D eigenvalue weighted by Gasteiger charge is 2.26. The van der Waals surface area contributed by atoms with Crippen LogP contribution in [-0.2, 0) is 19.0 Å². The van der Waals surface area contributed by atoms with E-state index in [1.54, 1.807) is 7.11 Å². The molecule has 1 unspecified atom stereocenters. The normalized spacial score (nSPS) is 13.0. The van der Waals surface area contributed by atoms with Crippen molar-refractivity contribution < 1.29 is 19.0 Å². The summed E-state index contributed by atoms with van der Waals surface area (Å²) in [5, 5.41) is 0. The van der Waals surface area contributed by atoms with Crippen LogP contribution < -0.4 is 0 Å². The lowest BCUT2D eigenvalue weighted by Crippen LogP contribution is -2.27. The zero-order valence-corrected chi connectivity index (χ0v) is 17.4. The molecule has 0 aliphatic rings. The summed E-state index contributed by atoms with van der Waals surface area (Å²) in [7, 11) is 1.67. The van der Waals surface area contributed by atoms with E-state index in [9.17, 15) is 4.79 Å². The van der Waals surface area contributed by atoms with Crippen molar-refractivity contribution in [1.82, 2.24) is 0 Å². The number of esters is 1. The average Bonchev–Trinajstić information content (AvgIpc) is 2.61. The van der Waals surface area contributed by atoms with E-state index in [2.05, 4.69) is 6.92 Å². The van der Waals surface area contributed by atoms with E-state index < -0.39 is 5.41 Å². The predicted octanol–water partition coefficient (Wildman–Crippen LogP) is 5.88. The number of methoxy groups -OCH3 is 1. The number of carbonyl (C=O) groups is 1. The Morgan fingerprint density at radius 2 is 1.44 bits per heavy atom. The molecule has 0 radical (unpaired) electrons. The topological polar surface area (TPSA) is 44.8 Å². The van der Waals surface area contributed by atoms with Crippen molar-refractivity contribution in [2.75, 3.05) is 20.3 Å². The molecule has 0 rings (SSSR count). The molecule has 0 saturated heterocycles. The van der Waals surface area contributed by atoms with Crippen LogP contribution in [0.25, 0.3) is 0 Å². The highest BCUT2D eigenvalue weighted by Crippen LogP contribution is 2.21. The van der Waals surface area contributed by atoms with Gasteiger partial charge in [0, 0.05) is 7.11 Å². The summed E-state index contributed by atoms with van der Waals surface area (Å²) in [6, 6.07) is 0. The van der Waals surface area contributed by atoms with Crippen molar-refractivity contribution >= 4 is 5.97 Å². The summed E-state index contributed by atoms with van der Waals surface area (Å²) < 4.78 is 16.3. The van der Waals surface area contributed by atoms with Crippen LogP contribution >= 0.6 is 0 Å². The number of carbonyl (C=O) groups excluding carboxylic acids is 1. The maximum absolute atomic E-state index is 11.9. The van der Waals surface area contributed by atoms with E-state index >= 15 is 0 Å². The number of unbranched alkanes of at least 4 members (excludes halogenated alkanes) is 8. The molecule has 0 aliphatic carbocycles. The van der Waals surface area contributed by atoms with Gasteiger partial charge in [-0.15, -0.1) is 0 Å². The maximum Gasteiger partial charge on any atom is 0.311 e. The van der Waals surface area contributed by atoms with Crippen LogP contribution in [0.1, 0.15) is 98.3 Å². The smallest absolute Gasteiger partial charge is 0.311 e. The fraction of sp³-hybridized carbons (Fsp3) is 0.952. The molecule has 0 heterocycles. The van der Waals surface area contributed by atoms with Gasteiger partial charge in [0.2, 0.25) is 0 Å². The highest BCUT2D eigenvalue weighted by molar-refractivity contribution is 5.75. The van der Waals surface area contributed by atoms with E-state index in [0.29, 0.717) is 13.2 Å². The summed E-state index contributed by atoms with van der Waals surface area (Å²) >= 11 is 0. The van der Waals surface area contributed by atoms with Gasteiger partial charge in [0.05, 0.1) is 12.0 Å². The number of hydrogen-bond donors (Lipinski definition) is 0. The van der Waals surface area contributed by atoms with Gasteiger partial charge in [0.15, 0.2) is 6.29 Å². The summed E-state index contributed by atoms with van der Waals surface area (Å²) in [6.45, 7) is 8.73. The molecular formula is C21H42O4. The molecule has 0 amide bonds. The van der Waals surface area contributed by atoms with Crippen molar-refractivity contribution in [3.8, 4) is 0 Å². The molecule has 150 valence electrons. The zero-order valence-electron chi connectivity index (χ0n) is 17.4. The maximum atomic E-state index is 11.9. The Kier molecular flexibility index (Phi) is 15.2. The molecule has 0 N–H and O–H groups in total. The van der Waals surface area contributed by atoms with Gasteiger partial charge in [-0.2, -0.15) is 0 Å². The predicted molar refractivity (Wildman–Crippen MR) is 104 cm³/mol. The molecule has 0 aromatic carbocycles. The van der Waals surface area contributed by atoms with Gasteiger partial charge in [-0.05, 0) is 33.1 Å². The van der Waals surface area contributed by atoms with Crippen LogP contribution in [0, 0.1) is 5.41 Å². The summed E-state index contributed by atoms with van der Waals surface area (Å²) in [4.78, 5) is 11.9. The van der Waals surface area contributed by atoms with Crippen molar-refractivity contribution in [3.05, 3.63) is 0 Å². The number of ether oxygens (including phenoxy) is 3. The molecule has 0 aliphatic heterocycles. The molecule has 0 saturated carbocycles. The fourth-order valence-electron chi connectivity index (χ4n) is 2.54. The Labute approximate surface area is 156 Å². The summed E-state index contributed by atoms with van der Waals surface area (Å²) in [5.41, 5.74) is -0.419. The first-order chi connectivity index (χ1) is 12.0. The minimum Gasteiger partial charge on any atom is -0.463 e. The lowest BCUT2D eigenvalue weighted by atomic mass is 9.91. The standard InChI is InChI=1S/C21H42O4/c1-6-8-9-10-11-12-13-14-15-16-19(23-5)24-17-18-25-20(22)21(3,4)7-2/h19H,6-18H2,1-5H3. The van der Waals surface area contributed by atoms with Crippen LogP contribution in [-0.4, -0.2) is 32.6 Å². The molecule has 0 bridgehead atoms. The van der Waals surface area contributed by atoms with E-state index in [1.165, 1.54) is 51.4 Å².